The Labute approximate surface area is 226 Å². The smallest absolute Gasteiger partial charge is 0.328 e. The van der Waals surface area contributed by atoms with Gasteiger partial charge in [-0.3, -0.25) is 9.59 Å². The molecule has 0 aromatic heterocycles. The molecule has 2 heterocycles. The van der Waals surface area contributed by atoms with Crippen molar-refractivity contribution in [3.05, 3.63) is 84.1 Å². The number of ether oxygens (including phenoxy) is 1. The number of amides is 2. The van der Waals surface area contributed by atoms with Crippen molar-refractivity contribution in [1.82, 2.24) is 15.5 Å². The number of nitrogens with zero attached hydrogens (tertiary/aromatic N) is 1. The van der Waals surface area contributed by atoms with Crippen LogP contribution >= 0.6 is 0 Å². The fraction of sp³-hybridized carbons (Fsp3) is 0.452. The number of aryl methyl sites for hydroxylation is 1. The molecule has 38 heavy (non-hydrogen) atoms. The zero-order valence-corrected chi connectivity index (χ0v) is 22.5. The van der Waals surface area contributed by atoms with Crippen LogP contribution in [0.25, 0.3) is 0 Å². The number of hydrogen-bond donors (Lipinski definition) is 2. The second-order valence-corrected chi connectivity index (χ2v) is 9.70. The zero-order chi connectivity index (χ0) is 27.2. The number of rotatable bonds is 12. The van der Waals surface area contributed by atoms with Crippen LogP contribution in [-0.4, -0.2) is 54.5 Å². The quantitative estimate of drug-likeness (QED) is 0.316. The molecular weight excluding hydrogens is 478 g/mol. The van der Waals surface area contributed by atoms with Gasteiger partial charge in [-0.2, -0.15) is 0 Å². The van der Waals surface area contributed by atoms with E-state index >= 15 is 0 Å². The SMILES string of the molecule is C=C1/C=C\C=C/CNC=C1CC(NC(=O)C1CCCN1C(=O)CCCCCc1ccccc1)C(=O)OCC. The van der Waals surface area contributed by atoms with Gasteiger partial charge in [0.1, 0.15) is 12.1 Å². The van der Waals surface area contributed by atoms with E-state index < -0.39 is 18.1 Å². The molecule has 0 spiro atoms. The minimum atomic E-state index is -0.870. The van der Waals surface area contributed by atoms with Gasteiger partial charge in [-0.25, -0.2) is 4.79 Å². The number of unbranched alkanes of at least 4 members (excludes halogenated alkanes) is 2. The summed E-state index contributed by atoms with van der Waals surface area (Å²) in [6.07, 6.45) is 15.3. The number of carbonyl (C=O) groups excluding carboxylic acids is 3. The first kappa shape index (κ1) is 29.0. The molecule has 2 amide bonds. The molecule has 204 valence electrons. The van der Waals surface area contributed by atoms with E-state index in [1.807, 2.05) is 48.7 Å². The summed E-state index contributed by atoms with van der Waals surface area (Å²) in [6, 6.07) is 8.91. The minimum Gasteiger partial charge on any atom is -0.464 e. The van der Waals surface area contributed by atoms with E-state index in [4.69, 9.17) is 4.74 Å². The molecule has 1 aromatic carbocycles. The maximum atomic E-state index is 13.3. The first-order valence-corrected chi connectivity index (χ1v) is 13.7. The molecule has 1 fully saturated rings. The Bertz CT molecular complexity index is 1040. The predicted octanol–water partition coefficient (Wildman–Crippen LogP) is 4.37. The highest BCUT2D eigenvalue weighted by atomic mass is 16.5. The predicted molar refractivity (Wildman–Crippen MR) is 150 cm³/mol. The second kappa shape index (κ2) is 15.6. The third-order valence-corrected chi connectivity index (χ3v) is 6.86. The van der Waals surface area contributed by atoms with Crippen molar-refractivity contribution in [2.45, 2.75) is 70.4 Å². The van der Waals surface area contributed by atoms with Gasteiger partial charge >= 0.3 is 5.97 Å². The second-order valence-electron chi connectivity index (χ2n) is 9.70. The first-order chi connectivity index (χ1) is 18.5. The summed E-state index contributed by atoms with van der Waals surface area (Å²) in [4.78, 5) is 40.8. The van der Waals surface area contributed by atoms with Gasteiger partial charge in [0.05, 0.1) is 6.61 Å². The Kier molecular flexibility index (Phi) is 11.9. The summed E-state index contributed by atoms with van der Waals surface area (Å²) in [7, 11) is 0. The van der Waals surface area contributed by atoms with E-state index in [9.17, 15) is 14.4 Å². The van der Waals surface area contributed by atoms with Crippen molar-refractivity contribution in [2.75, 3.05) is 19.7 Å². The first-order valence-electron chi connectivity index (χ1n) is 13.7. The van der Waals surface area contributed by atoms with Gasteiger partial charge in [0.15, 0.2) is 0 Å². The fourth-order valence-electron chi connectivity index (χ4n) is 4.79. The Hall–Kier alpha value is -3.61. The Morgan fingerprint density at radius 1 is 1.16 bits per heavy atom. The van der Waals surface area contributed by atoms with Crippen molar-refractivity contribution in [1.29, 1.82) is 0 Å². The van der Waals surface area contributed by atoms with Gasteiger partial charge in [0.2, 0.25) is 11.8 Å². The molecule has 0 saturated carbocycles. The molecule has 2 atom stereocenters. The summed E-state index contributed by atoms with van der Waals surface area (Å²) >= 11 is 0. The van der Waals surface area contributed by atoms with Crippen LogP contribution in [0.2, 0.25) is 0 Å². The zero-order valence-electron chi connectivity index (χ0n) is 22.5. The number of likely N-dealkylation sites (tertiary alicyclic amines) is 1. The van der Waals surface area contributed by atoms with Crippen LogP contribution in [0, 0.1) is 0 Å². The van der Waals surface area contributed by atoms with Crippen LogP contribution in [0.3, 0.4) is 0 Å². The number of benzene rings is 1. The summed E-state index contributed by atoms with van der Waals surface area (Å²) in [5, 5.41) is 6.07. The van der Waals surface area contributed by atoms with E-state index in [1.165, 1.54) is 5.56 Å². The van der Waals surface area contributed by atoms with Crippen molar-refractivity contribution < 1.29 is 19.1 Å². The third-order valence-electron chi connectivity index (χ3n) is 6.86. The van der Waals surface area contributed by atoms with Crippen LogP contribution in [0.5, 0.6) is 0 Å². The summed E-state index contributed by atoms with van der Waals surface area (Å²) in [5.41, 5.74) is 2.86. The van der Waals surface area contributed by atoms with E-state index in [2.05, 4.69) is 29.3 Å². The number of nitrogens with one attached hydrogen (secondary N) is 2. The molecule has 7 heteroatoms. The summed E-state index contributed by atoms with van der Waals surface area (Å²) < 4.78 is 5.27. The topological polar surface area (TPSA) is 87.7 Å². The molecule has 2 aliphatic rings. The van der Waals surface area contributed by atoms with Crippen LogP contribution in [0.4, 0.5) is 0 Å². The number of carbonyl (C=O) groups is 3. The lowest BCUT2D eigenvalue weighted by atomic mass is 9.99. The standard InChI is InChI=1S/C31H41N3O4/c1-3-38-31(37)27(22-26-23-32-20-12-6-7-14-24(26)2)33-30(36)28-18-13-21-34(28)29(35)19-11-5-10-17-25-15-8-4-9-16-25/h4,6-9,12,14-16,23,27-28,32H,2-3,5,10-11,13,17-22H2,1H3,(H,33,36)/b12-6-,14-7-,26-23?. The van der Waals surface area contributed by atoms with E-state index in [1.54, 1.807) is 11.8 Å². The lowest BCUT2D eigenvalue weighted by Gasteiger charge is -2.26. The van der Waals surface area contributed by atoms with E-state index in [-0.39, 0.29) is 24.8 Å². The highest BCUT2D eigenvalue weighted by Gasteiger charge is 2.36. The van der Waals surface area contributed by atoms with Crippen LogP contribution < -0.4 is 10.6 Å². The molecule has 1 saturated heterocycles. The molecule has 7 nitrogen and oxygen atoms in total. The lowest BCUT2D eigenvalue weighted by Crippen LogP contribution is -2.51. The monoisotopic (exact) mass is 519 g/mol. The minimum absolute atomic E-state index is 0.00392. The highest BCUT2D eigenvalue weighted by molar-refractivity contribution is 5.91. The van der Waals surface area contributed by atoms with Crippen LogP contribution in [0.15, 0.2) is 78.6 Å². The van der Waals surface area contributed by atoms with Crippen LogP contribution in [0.1, 0.15) is 57.4 Å². The van der Waals surface area contributed by atoms with Gasteiger partial charge < -0.3 is 20.3 Å². The fourth-order valence-corrected chi connectivity index (χ4v) is 4.79. The van der Waals surface area contributed by atoms with Crippen molar-refractivity contribution in [3.63, 3.8) is 0 Å². The van der Waals surface area contributed by atoms with Gasteiger partial charge in [-0.15, -0.1) is 0 Å². The molecule has 0 aliphatic carbocycles. The Balaban J connectivity index is 1.55. The molecule has 2 N–H and O–H groups in total. The van der Waals surface area contributed by atoms with Gasteiger partial charge in [0, 0.05) is 32.1 Å². The molecule has 1 aromatic rings. The number of hydrogen-bond acceptors (Lipinski definition) is 5. The van der Waals surface area contributed by atoms with Crippen molar-refractivity contribution in [3.8, 4) is 0 Å². The molecule has 3 rings (SSSR count). The van der Waals surface area contributed by atoms with E-state index in [0.29, 0.717) is 25.9 Å². The maximum Gasteiger partial charge on any atom is 0.328 e. The number of allylic oxidation sites excluding steroid dienone is 4. The molecule has 0 radical (unpaired) electrons. The Morgan fingerprint density at radius 2 is 1.97 bits per heavy atom. The average Bonchev–Trinajstić information content (AvgIpc) is 3.44. The molecule has 0 bridgehead atoms. The van der Waals surface area contributed by atoms with Crippen molar-refractivity contribution >= 4 is 17.8 Å². The lowest BCUT2D eigenvalue weighted by molar-refractivity contribution is -0.148. The van der Waals surface area contributed by atoms with Gasteiger partial charge in [0.25, 0.3) is 0 Å². The van der Waals surface area contributed by atoms with Gasteiger partial charge in [-0.05, 0) is 55.7 Å². The highest BCUT2D eigenvalue weighted by Crippen LogP contribution is 2.22. The van der Waals surface area contributed by atoms with Crippen molar-refractivity contribution in [2.24, 2.45) is 0 Å². The number of esters is 1. The largest absolute Gasteiger partial charge is 0.464 e. The normalized spacial score (nSPS) is 19.7. The molecule has 2 aliphatic heterocycles. The summed E-state index contributed by atoms with van der Waals surface area (Å²) in [6.45, 7) is 7.26. The maximum absolute atomic E-state index is 13.3. The van der Waals surface area contributed by atoms with Gasteiger partial charge in [-0.1, -0.05) is 67.6 Å². The molecule has 2 unspecified atom stereocenters. The van der Waals surface area contributed by atoms with Crippen LogP contribution in [-0.2, 0) is 25.5 Å². The van der Waals surface area contributed by atoms with E-state index in [0.717, 1.165) is 43.3 Å². The Morgan fingerprint density at radius 3 is 2.76 bits per heavy atom. The average molecular weight is 520 g/mol. The summed E-state index contributed by atoms with van der Waals surface area (Å²) in [5.74, 6) is -0.799. The molecular formula is C31H41N3O4. The third kappa shape index (κ3) is 9.05.